The minimum Gasteiger partial charge on any atom is -0.352 e. The Bertz CT molecular complexity index is 671. The molecule has 1 aliphatic heterocycles. The monoisotopic (exact) mass is 350 g/mol. The fourth-order valence-electron chi connectivity index (χ4n) is 2.93. The van der Waals surface area contributed by atoms with E-state index in [9.17, 15) is 4.79 Å². The van der Waals surface area contributed by atoms with Gasteiger partial charge < -0.3 is 10.6 Å². The van der Waals surface area contributed by atoms with Gasteiger partial charge in [0.1, 0.15) is 0 Å². The van der Waals surface area contributed by atoms with Crippen LogP contribution in [0, 0.1) is 6.92 Å². The van der Waals surface area contributed by atoms with E-state index in [1.54, 1.807) is 11.3 Å². The molecule has 1 aromatic carbocycles. The normalized spacial score (nSPS) is 17.7. The van der Waals surface area contributed by atoms with Gasteiger partial charge in [0.25, 0.3) is 0 Å². The van der Waals surface area contributed by atoms with Gasteiger partial charge in [-0.3, -0.25) is 4.79 Å². The van der Waals surface area contributed by atoms with E-state index in [2.05, 4.69) is 48.7 Å². The average molecular weight is 351 g/mol. The standard InChI is InChI=1S/C18H22N2OS.ClH/c1-12(9-16-8-7-13(2)22-16)20-18(21)17-10-14-5-3-4-6-15(14)11-19-17;/h3-8,12,17,19H,9-11H2,1-2H3,(H,20,21);1H. The molecule has 2 N–H and O–H groups in total. The number of hydrogen-bond acceptors (Lipinski definition) is 3. The molecule has 23 heavy (non-hydrogen) atoms. The molecule has 0 aliphatic carbocycles. The van der Waals surface area contributed by atoms with Crippen molar-refractivity contribution in [2.75, 3.05) is 0 Å². The van der Waals surface area contributed by atoms with E-state index in [1.165, 1.54) is 20.9 Å². The number of thiophene rings is 1. The Morgan fingerprint density at radius 1 is 1.30 bits per heavy atom. The molecule has 1 aliphatic rings. The summed E-state index contributed by atoms with van der Waals surface area (Å²) in [5.41, 5.74) is 2.58. The van der Waals surface area contributed by atoms with E-state index in [1.807, 2.05) is 12.1 Å². The molecule has 124 valence electrons. The highest BCUT2D eigenvalue weighted by molar-refractivity contribution is 7.11. The zero-order valence-corrected chi connectivity index (χ0v) is 15.1. The van der Waals surface area contributed by atoms with Crippen molar-refractivity contribution in [2.24, 2.45) is 0 Å². The second-order valence-electron chi connectivity index (χ2n) is 6.03. The SMILES string of the molecule is Cc1ccc(CC(C)NC(=O)C2Cc3ccccc3CN2)s1.Cl. The number of halogens is 1. The molecule has 1 amide bonds. The smallest absolute Gasteiger partial charge is 0.237 e. The number of carbonyl (C=O) groups is 1. The molecular weight excluding hydrogens is 328 g/mol. The van der Waals surface area contributed by atoms with Gasteiger partial charge in [-0.2, -0.15) is 0 Å². The number of hydrogen-bond donors (Lipinski definition) is 2. The number of benzene rings is 1. The van der Waals surface area contributed by atoms with Crippen molar-refractivity contribution in [1.29, 1.82) is 0 Å². The van der Waals surface area contributed by atoms with Crippen LogP contribution in [0.5, 0.6) is 0 Å². The van der Waals surface area contributed by atoms with E-state index in [4.69, 9.17) is 0 Å². The van der Waals surface area contributed by atoms with Crippen LogP contribution in [-0.2, 0) is 24.2 Å². The molecule has 5 heteroatoms. The topological polar surface area (TPSA) is 41.1 Å². The first-order chi connectivity index (χ1) is 10.6. The predicted molar refractivity (Wildman–Crippen MR) is 98.4 cm³/mol. The lowest BCUT2D eigenvalue weighted by molar-refractivity contribution is -0.123. The second kappa shape index (κ2) is 7.95. The van der Waals surface area contributed by atoms with Crippen molar-refractivity contribution in [3.05, 3.63) is 57.3 Å². The second-order valence-corrected chi connectivity index (χ2v) is 7.40. The van der Waals surface area contributed by atoms with E-state index in [0.717, 1.165) is 19.4 Å². The molecule has 2 atom stereocenters. The maximum atomic E-state index is 12.4. The summed E-state index contributed by atoms with van der Waals surface area (Å²) in [5.74, 6) is 0.107. The molecule has 1 aromatic heterocycles. The van der Waals surface area contributed by atoms with Crippen molar-refractivity contribution in [3.8, 4) is 0 Å². The van der Waals surface area contributed by atoms with Gasteiger partial charge in [0, 0.05) is 28.8 Å². The van der Waals surface area contributed by atoms with Crippen LogP contribution >= 0.6 is 23.7 Å². The Balaban J connectivity index is 0.00000192. The van der Waals surface area contributed by atoms with E-state index < -0.39 is 0 Å². The number of carbonyl (C=O) groups excluding carboxylic acids is 1. The first-order valence-corrected chi connectivity index (χ1v) is 8.59. The third-order valence-electron chi connectivity index (χ3n) is 4.09. The predicted octanol–water partition coefficient (Wildman–Crippen LogP) is 3.24. The van der Waals surface area contributed by atoms with Gasteiger partial charge >= 0.3 is 0 Å². The minimum atomic E-state index is -0.123. The summed E-state index contributed by atoms with van der Waals surface area (Å²) < 4.78 is 0. The molecule has 0 radical (unpaired) electrons. The number of nitrogens with one attached hydrogen (secondary N) is 2. The van der Waals surface area contributed by atoms with Crippen molar-refractivity contribution in [1.82, 2.24) is 10.6 Å². The maximum absolute atomic E-state index is 12.4. The largest absolute Gasteiger partial charge is 0.352 e. The molecular formula is C18H23ClN2OS. The molecule has 0 saturated heterocycles. The highest BCUT2D eigenvalue weighted by atomic mass is 35.5. The van der Waals surface area contributed by atoms with Gasteiger partial charge in [0.15, 0.2) is 0 Å². The summed E-state index contributed by atoms with van der Waals surface area (Å²) in [6.07, 6.45) is 1.67. The fraction of sp³-hybridized carbons (Fsp3) is 0.389. The van der Waals surface area contributed by atoms with Gasteiger partial charge in [-0.15, -0.1) is 23.7 Å². The highest BCUT2D eigenvalue weighted by Crippen LogP contribution is 2.18. The van der Waals surface area contributed by atoms with Crippen LogP contribution in [0.3, 0.4) is 0 Å². The minimum absolute atomic E-state index is 0. The first kappa shape index (κ1) is 18.0. The first-order valence-electron chi connectivity index (χ1n) is 7.77. The van der Waals surface area contributed by atoms with Gasteiger partial charge in [0.2, 0.25) is 5.91 Å². The molecule has 2 aromatic rings. The van der Waals surface area contributed by atoms with Crippen molar-refractivity contribution < 1.29 is 4.79 Å². The van der Waals surface area contributed by atoms with Crippen molar-refractivity contribution in [2.45, 2.75) is 45.3 Å². The zero-order chi connectivity index (χ0) is 15.5. The van der Waals surface area contributed by atoms with Crippen LogP contribution in [-0.4, -0.2) is 18.0 Å². The molecule has 2 heterocycles. The van der Waals surface area contributed by atoms with Gasteiger partial charge in [-0.25, -0.2) is 0 Å². The van der Waals surface area contributed by atoms with Crippen LogP contribution in [0.1, 0.15) is 27.8 Å². The van der Waals surface area contributed by atoms with Gasteiger partial charge in [-0.05, 0) is 43.5 Å². The molecule has 0 saturated carbocycles. The molecule has 3 rings (SSSR count). The summed E-state index contributed by atoms with van der Waals surface area (Å²) in [5, 5.41) is 6.48. The van der Waals surface area contributed by atoms with Gasteiger partial charge in [0.05, 0.1) is 6.04 Å². The summed E-state index contributed by atoms with van der Waals surface area (Å²) in [7, 11) is 0. The maximum Gasteiger partial charge on any atom is 0.237 e. The highest BCUT2D eigenvalue weighted by Gasteiger charge is 2.24. The van der Waals surface area contributed by atoms with Crippen LogP contribution in [0.2, 0.25) is 0 Å². The quantitative estimate of drug-likeness (QED) is 0.888. The molecule has 0 fully saturated rings. The lowest BCUT2D eigenvalue weighted by Crippen LogP contribution is -2.50. The summed E-state index contributed by atoms with van der Waals surface area (Å²) in [4.78, 5) is 15.1. The number of aryl methyl sites for hydroxylation is 1. The number of fused-ring (bicyclic) bond motifs is 1. The number of amides is 1. The van der Waals surface area contributed by atoms with Crippen molar-refractivity contribution >= 4 is 29.7 Å². The Morgan fingerprint density at radius 2 is 2.04 bits per heavy atom. The lowest BCUT2D eigenvalue weighted by atomic mass is 9.95. The fourth-order valence-corrected chi connectivity index (χ4v) is 3.95. The molecule has 3 nitrogen and oxygen atoms in total. The van der Waals surface area contributed by atoms with Crippen LogP contribution in [0.4, 0.5) is 0 Å². The third-order valence-corrected chi connectivity index (χ3v) is 5.11. The Labute approximate surface area is 147 Å². The van der Waals surface area contributed by atoms with Crippen LogP contribution in [0.15, 0.2) is 36.4 Å². The summed E-state index contributed by atoms with van der Waals surface area (Å²) in [6, 6.07) is 12.7. The number of rotatable bonds is 4. The van der Waals surface area contributed by atoms with Crippen molar-refractivity contribution in [3.63, 3.8) is 0 Å². The van der Waals surface area contributed by atoms with E-state index in [-0.39, 0.29) is 30.4 Å². The average Bonchev–Trinajstić information content (AvgIpc) is 2.91. The summed E-state index contributed by atoms with van der Waals surface area (Å²) in [6.45, 7) is 4.96. The molecule has 2 unspecified atom stereocenters. The van der Waals surface area contributed by atoms with Gasteiger partial charge in [-0.1, -0.05) is 24.3 Å². The van der Waals surface area contributed by atoms with Crippen LogP contribution in [0.25, 0.3) is 0 Å². The summed E-state index contributed by atoms with van der Waals surface area (Å²) >= 11 is 1.80. The van der Waals surface area contributed by atoms with E-state index >= 15 is 0 Å². The Morgan fingerprint density at radius 3 is 2.74 bits per heavy atom. The lowest BCUT2D eigenvalue weighted by Gasteiger charge is -2.26. The third kappa shape index (κ3) is 4.56. The molecule has 0 spiro atoms. The van der Waals surface area contributed by atoms with Crippen LogP contribution < -0.4 is 10.6 Å². The Kier molecular flexibility index (Phi) is 6.22. The Hall–Kier alpha value is -1.36. The van der Waals surface area contributed by atoms with E-state index in [0.29, 0.717) is 0 Å². The zero-order valence-electron chi connectivity index (χ0n) is 13.5. The molecule has 0 bridgehead atoms.